The third kappa shape index (κ3) is 4.59. The Balaban J connectivity index is 1.94. The topological polar surface area (TPSA) is 9.23 Å². The number of hydrogen-bond acceptors (Lipinski definition) is 1. The van der Waals surface area contributed by atoms with Gasteiger partial charge in [-0.3, -0.25) is 0 Å². The van der Waals surface area contributed by atoms with Crippen LogP contribution in [0.1, 0.15) is 24.5 Å². The highest BCUT2D eigenvalue weighted by Crippen LogP contribution is 2.35. The summed E-state index contributed by atoms with van der Waals surface area (Å²) in [5.74, 6) is 0. The van der Waals surface area contributed by atoms with Crippen molar-refractivity contribution in [1.82, 2.24) is 0 Å². The molecule has 0 saturated heterocycles. The Morgan fingerprint density at radius 3 is 2.12 bits per heavy atom. The lowest BCUT2D eigenvalue weighted by molar-refractivity contribution is 0.0690. The van der Waals surface area contributed by atoms with E-state index in [0.29, 0.717) is 0 Å². The highest BCUT2D eigenvalue weighted by molar-refractivity contribution is 6.69. The highest BCUT2D eigenvalue weighted by Gasteiger charge is 2.33. The number of fused-ring (bicyclic) bond motifs is 1. The molecule has 1 atom stereocenters. The van der Waals surface area contributed by atoms with Crippen molar-refractivity contribution < 1.29 is 4.43 Å². The average molecular weight is 349 g/mol. The molecule has 3 aromatic carbocycles. The Kier molecular flexibility index (Phi) is 5.12. The smallest absolute Gasteiger partial charge is 0.184 e. The fourth-order valence-electron chi connectivity index (χ4n) is 3.48. The van der Waals surface area contributed by atoms with Crippen LogP contribution in [-0.4, -0.2) is 8.32 Å². The molecule has 0 spiro atoms. The van der Waals surface area contributed by atoms with E-state index in [9.17, 15) is 0 Å². The largest absolute Gasteiger partial charge is 0.408 e. The molecule has 1 nitrogen and oxygen atoms in total. The van der Waals surface area contributed by atoms with Gasteiger partial charge in [0.2, 0.25) is 0 Å². The third-order valence-electron chi connectivity index (χ3n) is 4.63. The summed E-state index contributed by atoms with van der Waals surface area (Å²) >= 11 is 0. The Bertz CT molecular complexity index is 835. The second kappa shape index (κ2) is 7.15. The molecule has 0 radical (unpaired) electrons. The molecule has 0 fully saturated rings. The fourth-order valence-corrected chi connectivity index (χ4v) is 5.05. The Hall–Kier alpha value is -1.90. The lowest BCUT2D eigenvalue weighted by atomic mass is 9.88. The van der Waals surface area contributed by atoms with Crippen molar-refractivity contribution in [3.8, 4) is 0 Å². The van der Waals surface area contributed by atoms with Crippen LogP contribution in [0.2, 0.25) is 19.6 Å². The normalized spacial score (nSPS) is 14.4. The van der Waals surface area contributed by atoms with Crippen LogP contribution < -0.4 is 0 Å². The van der Waals surface area contributed by atoms with Crippen molar-refractivity contribution in [2.75, 3.05) is 0 Å². The zero-order valence-electron chi connectivity index (χ0n) is 15.8. The lowest BCUT2D eigenvalue weighted by Crippen LogP contribution is -2.39. The van der Waals surface area contributed by atoms with E-state index in [1.165, 1.54) is 21.9 Å². The molecule has 0 aromatic heterocycles. The Morgan fingerprint density at radius 2 is 1.44 bits per heavy atom. The number of hydrogen-bond donors (Lipinski definition) is 0. The van der Waals surface area contributed by atoms with E-state index in [4.69, 9.17) is 4.43 Å². The van der Waals surface area contributed by atoms with Gasteiger partial charge < -0.3 is 4.43 Å². The van der Waals surface area contributed by atoms with Crippen molar-refractivity contribution in [3.05, 3.63) is 83.9 Å². The van der Waals surface area contributed by atoms with Crippen LogP contribution >= 0.6 is 0 Å². The van der Waals surface area contributed by atoms with Gasteiger partial charge in [0.15, 0.2) is 8.32 Å². The number of rotatable bonds is 6. The molecule has 130 valence electrons. The number of benzene rings is 3. The summed E-state index contributed by atoms with van der Waals surface area (Å²) in [5.41, 5.74) is 2.39. The van der Waals surface area contributed by atoms with Gasteiger partial charge in [-0.25, -0.2) is 0 Å². The molecule has 0 aliphatic heterocycles. The minimum Gasteiger partial charge on any atom is -0.408 e. The Morgan fingerprint density at radius 1 is 0.800 bits per heavy atom. The molecular weight excluding hydrogens is 320 g/mol. The molecular formula is C23H28OSi. The number of aryl methyl sites for hydroxylation is 1. The van der Waals surface area contributed by atoms with E-state index >= 15 is 0 Å². The molecule has 0 aliphatic carbocycles. The second-order valence-corrected chi connectivity index (χ2v) is 12.4. The van der Waals surface area contributed by atoms with E-state index < -0.39 is 8.32 Å². The molecule has 0 saturated carbocycles. The first kappa shape index (κ1) is 17.9. The van der Waals surface area contributed by atoms with Gasteiger partial charge in [-0.2, -0.15) is 0 Å². The first-order chi connectivity index (χ1) is 11.9. The van der Waals surface area contributed by atoms with Crippen LogP contribution in [0, 0.1) is 0 Å². The quantitative estimate of drug-likeness (QED) is 0.460. The van der Waals surface area contributed by atoms with Gasteiger partial charge in [-0.1, -0.05) is 66.7 Å². The van der Waals surface area contributed by atoms with Crippen LogP contribution in [0.4, 0.5) is 0 Å². The van der Waals surface area contributed by atoms with Crippen molar-refractivity contribution in [2.45, 2.75) is 45.0 Å². The van der Waals surface area contributed by atoms with Gasteiger partial charge in [0.1, 0.15) is 0 Å². The van der Waals surface area contributed by atoms with Crippen molar-refractivity contribution >= 4 is 19.1 Å². The van der Waals surface area contributed by atoms with Crippen LogP contribution in [0.25, 0.3) is 10.8 Å². The minimum atomic E-state index is -1.68. The molecule has 0 unspecified atom stereocenters. The molecule has 3 rings (SSSR count). The summed E-state index contributed by atoms with van der Waals surface area (Å²) in [6.07, 6.45) is 2.01. The zero-order chi connectivity index (χ0) is 17.9. The molecule has 25 heavy (non-hydrogen) atoms. The molecule has 0 aliphatic rings. The van der Waals surface area contributed by atoms with E-state index in [1.54, 1.807) is 0 Å². The monoisotopic (exact) mass is 348 g/mol. The lowest BCUT2D eigenvalue weighted by Gasteiger charge is -2.37. The maximum atomic E-state index is 6.72. The minimum absolute atomic E-state index is 0.260. The van der Waals surface area contributed by atoms with Crippen molar-refractivity contribution in [2.24, 2.45) is 0 Å². The molecule has 3 aromatic rings. The van der Waals surface area contributed by atoms with Crippen LogP contribution in [0.15, 0.2) is 72.8 Å². The maximum absolute atomic E-state index is 6.72. The van der Waals surface area contributed by atoms with Gasteiger partial charge in [-0.05, 0) is 67.4 Å². The van der Waals surface area contributed by atoms with Crippen molar-refractivity contribution in [3.63, 3.8) is 0 Å². The summed E-state index contributed by atoms with van der Waals surface area (Å²) in [4.78, 5) is 0. The van der Waals surface area contributed by atoms with Crippen LogP contribution in [0.5, 0.6) is 0 Å². The van der Waals surface area contributed by atoms with E-state index in [2.05, 4.69) is 99.4 Å². The summed E-state index contributed by atoms with van der Waals surface area (Å²) in [6, 6.07) is 26.0. The van der Waals surface area contributed by atoms with Gasteiger partial charge in [0.05, 0.1) is 5.60 Å². The average Bonchev–Trinajstić information content (AvgIpc) is 2.59. The van der Waals surface area contributed by atoms with Gasteiger partial charge in [0.25, 0.3) is 0 Å². The molecule has 2 heteroatoms. The molecule has 0 N–H and O–H groups in total. The standard InChI is InChI=1S/C23H28OSi/c1-23(24-25(2,3)4,17-16-19-10-6-5-7-11-19)22-15-14-20-12-8-9-13-21(20)18-22/h5-15,18H,16-17H2,1-4H3/t23-/m0/s1. The van der Waals surface area contributed by atoms with E-state index in [0.717, 1.165) is 12.8 Å². The summed E-state index contributed by atoms with van der Waals surface area (Å²) < 4.78 is 6.72. The maximum Gasteiger partial charge on any atom is 0.184 e. The zero-order valence-corrected chi connectivity index (χ0v) is 16.8. The first-order valence-corrected chi connectivity index (χ1v) is 12.5. The summed E-state index contributed by atoms with van der Waals surface area (Å²) in [6.45, 7) is 9.08. The predicted octanol–water partition coefficient (Wildman–Crippen LogP) is 6.54. The first-order valence-electron chi connectivity index (χ1n) is 9.09. The summed E-state index contributed by atoms with van der Waals surface area (Å²) in [7, 11) is -1.68. The molecule has 0 heterocycles. The predicted molar refractivity (Wildman–Crippen MR) is 110 cm³/mol. The SMILES string of the molecule is C[C@@](CCc1ccccc1)(O[Si](C)(C)C)c1ccc2ccccc2c1. The van der Waals surface area contributed by atoms with Crippen LogP contribution in [0.3, 0.4) is 0 Å². The van der Waals surface area contributed by atoms with Gasteiger partial charge >= 0.3 is 0 Å². The van der Waals surface area contributed by atoms with Gasteiger partial charge in [-0.15, -0.1) is 0 Å². The third-order valence-corrected chi connectivity index (χ3v) is 5.69. The molecule has 0 bridgehead atoms. The van der Waals surface area contributed by atoms with Crippen LogP contribution in [-0.2, 0) is 16.4 Å². The fraction of sp³-hybridized carbons (Fsp3) is 0.304. The second-order valence-electron chi connectivity index (χ2n) is 7.99. The van der Waals surface area contributed by atoms with Crippen molar-refractivity contribution in [1.29, 1.82) is 0 Å². The molecule has 0 amide bonds. The van der Waals surface area contributed by atoms with E-state index in [1.807, 2.05) is 0 Å². The summed E-state index contributed by atoms with van der Waals surface area (Å²) in [5, 5.41) is 2.56. The highest BCUT2D eigenvalue weighted by atomic mass is 28.4. The Labute approximate surface area is 152 Å². The van der Waals surface area contributed by atoms with Gasteiger partial charge in [0, 0.05) is 0 Å². The van der Waals surface area contributed by atoms with E-state index in [-0.39, 0.29) is 5.60 Å².